The summed E-state index contributed by atoms with van der Waals surface area (Å²) in [7, 11) is -3.99. The van der Waals surface area contributed by atoms with Crippen LogP contribution in [0.5, 0.6) is 0 Å². The first-order valence-corrected chi connectivity index (χ1v) is 6.45. The molecule has 0 aromatic heterocycles. The van der Waals surface area contributed by atoms with Gasteiger partial charge in [0, 0.05) is 6.54 Å². The molecule has 0 spiro atoms. The summed E-state index contributed by atoms with van der Waals surface area (Å²) in [6, 6.07) is 3.39. The Morgan fingerprint density at radius 1 is 1.56 bits per heavy atom. The highest BCUT2D eigenvalue weighted by molar-refractivity contribution is 7.89. The normalized spacial score (nSPS) is 13.3. The number of benzene rings is 1. The van der Waals surface area contributed by atoms with E-state index >= 15 is 0 Å². The van der Waals surface area contributed by atoms with E-state index in [9.17, 15) is 17.6 Å². The molecule has 1 unspecified atom stereocenters. The molecule has 8 heteroatoms. The molecule has 0 aliphatic heterocycles. The minimum Gasteiger partial charge on any atom is -0.382 e. The third kappa shape index (κ3) is 3.49. The Labute approximate surface area is 104 Å². The van der Waals surface area contributed by atoms with Crippen molar-refractivity contribution in [1.82, 2.24) is 4.72 Å². The number of nitrogens with two attached hydrogens (primary N) is 1. The number of aliphatic hydroxyl groups excluding tert-OH is 1. The molecule has 100 valence electrons. The number of aliphatic hydroxyl groups is 1. The Morgan fingerprint density at radius 2 is 2.17 bits per heavy atom. The Kier molecular flexibility index (Phi) is 4.38. The maximum Gasteiger partial charge on any atom is 0.247 e. The maximum atomic E-state index is 13.2. The second-order valence-corrected chi connectivity index (χ2v) is 5.45. The molecule has 1 amide bonds. The van der Waals surface area contributed by atoms with Crippen LogP contribution in [0.25, 0.3) is 0 Å². The molecule has 0 heterocycles. The van der Waals surface area contributed by atoms with Gasteiger partial charge in [-0.2, -0.15) is 0 Å². The van der Waals surface area contributed by atoms with E-state index in [1.165, 1.54) is 19.1 Å². The van der Waals surface area contributed by atoms with Crippen LogP contribution in [0.4, 0.5) is 4.39 Å². The van der Waals surface area contributed by atoms with E-state index in [1.54, 1.807) is 0 Å². The van der Waals surface area contributed by atoms with Crippen molar-refractivity contribution in [1.29, 1.82) is 0 Å². The number of amides is 1. The van der Waals surface area contributed by atoms with E-state index in [2.05, 4.69) is 0 Å². The highest BCUT2D eigenvalue weighted by atomic mass is 32.2. The predicted octanol–water partition coefficient (Wildman–Crippen LogP) is -0.741. The monoisotopic (exact) mass is 276 g/mol. The zero-order chi connectivity index (χ0) is 13.9. The average Bonchev–Trinajstić information content (AvgIpc) is 2.29. The summed E-state index contributed by atoms with van der Waals surface area (Å²) in [5.74, 6) is -1.71. The highest BCUT2D eigenvalue weighted by Gasteiger charge is 2.19. The van der Waals surface area contributed by atoms with Crippen LogP contribution in [0.3, 0.4) is 0 Å². The van der Waals surface area contributed by atoms with Gasteiger partial charge >= 0.3 is 0 Å². The second kappa shape index (κ2) is 5.42. The number of nitrogens with one attached hydrogen (secondary N) is 1. The first kappa shape index (κ1) is 14.6. The van der Waals surface area contributed by atoms with E-state index in [0.717, 1.165) is 6.07 Å². The molecule has 6 nitrogen and oxygen atoms in total. The zero-order valence-corrected chi connectivity index (χ0v) is 10.4. The Hall–Kier alpha value is -1.51. The van der Waals surface area contributed by atoms with Crippen molar-refractivity contribution in [2.75, 3.05) is 6.54 Å². The second-order valence-electron chi connectivity index (χ2n) is 3.68. The van der Waals surface area contributed by atoms with Crippen molar-refractivity contribution in [3.05, 3.63) is 29.6 Å². The van der Waals surface area contributed by atoms with Crippen LogP contribution in [0.2, 0.25) is 0 Å². The highest BCUT2D eigenvalue weighted by Crippen LogP contribution is 2.13. The number of carbonyl (C=O) groups excluding carboxylic acids is 1. The van der Waals surface area contributed by atoms with Crippen LogP contribution in [0, 0.1) is 12.7 Å². The lowest BCUT2D eigenvalue weighted by atomic mass is 10.2. The topological polar surface area (TPSA) is 109 Å². The summed E-state index contributed by atoms with van der Waals surface area (Å²) in [5.41, 5.74) is 5.08. The Balaban J connectivity index is 2.87. The maximum absolute atomic E-state index is 13.2. The number of aryl methyl sites for hydroxylation is 1. The van der Waals surface area contributed by atoms with E-state index < -0.39 is 34.4 Å². The van der Waals surface area contributed by atoms with Gasteiger partial charge < -0.3 is 10.8 Å². The number of halogens is 1. The molecule has 0 radical (unpaired) electrons. The molecule has 0 fully saturated rings. The average molecular weight is 276 g/mol. The van der Waals surface area contributed by atoms with Crippen molar-refractivity contribution in [2.24, 2.45) is 5.73 Å². The third-order valence-corrected chi connectivity index (χ3v) is 3.67. The van der Waals surface area contributed by atoms with Crippen LogP contribution in [-0.2, 0) is 14.8 Å². The fourth-order valence-electron chi connectivity index (χ4n) is 1.11. The van der Waals surface area contributed by atoms with Gasteiger partial charge in [0.15, 0.2) is 0 Å². The lowest BCUT2D eigenvalue weighted by molar-refractivity contribution is -0.125. The Morgan fingerprint density at radius 3 is 2.67 bits per heavy atom. The largest absolute Gasteiger partial charge is 0.382 e. The molecule has 1 aromatic carbocycles. The van der Waals surface area contributed by atoms with Gasteiger partial charge in [0.1, 0.15) is 11.9 Å². The molecular formula is C10H13FN2O4S. The lowest BCUT2D eigenvalue weighted by Gasteiger charge is -2.09. The smallest absolute Gasteiger partial charge is 0.247 e. The van der Waals surface area contributed by atoms with Crippen molar-refractivity contribution >= 4 is 15.9 Å². The SMILES string of the molecule is Cc1ccc(S(=O)(=O)NCC(O)C(N)=O)cc1F. The number of carbonyl (C=O) groups is 1. The molecule has 0 aliphatic carbocycles. The molecule has 4 N–H and O–H groups in total. The molecular weight excluding hydrogens is 263 g/mol. The number of hydrogen-bond donors (Lipinski definition) is 3. The van der Waals surface area contributed by atoms with Gasteiger partial charge in [-0.05, 0) is 24.6 Å². The molecule has 18 heavy (non-hydrogen) atoms. The van der Waals surface area contributed by atoms with E-state index in [-0.39, 0.29) is 4.90 Å². The lowest BCUT2D eigenvalue weighted by Crippen LogP contribution is -2.39. The van der Waals surface area contributed by atoms with Crippen LogP contribution in [-0.4, -0.2) is 32.1 Å². The predicted molar refractivity (Wildman–Crippen MR) is 61.5 cm³/mol. The van der Waals surface area contributed by atoms with Gasteiger partial charge in [-0.15, -0.1) is 0 Å². The van der Waals surface area contributed by atoms with E-state index in [4.69, 9.17) is 10.8 Å². The third-order valence-electron chi connectivity index (χ3n) is 2.25. The molecule has 1 atom stereocenters. The number of rotatable bonds is 5. The van der Waals surface area contributed by atoms with Gasteiger partial charge in [-0.25, -0.2) is 17.5 Å². The summed E-state index contributed by atoms with van der Waals surface area (Å²) < 4.78 is 38.5. The molecule has 0 bridgehead atoms. The summed E-state index contributed by atoms with van der Waals surface area (Å²) in [4.78, 5) is 10.2. The Bertz CT molecular complexity index is 559. The van der Waals surface area contributed by atoms with Crippen molar-refractivity contribution in [3.63, 3.8) is 0 Å². The molecule has 0 saturated heterocycles. The first-order chi connectivity index (χ1) is 8.24. The molecule has 1 rings (SSSR count). The van der Waals surface area contributed by atoms with Gasteiger partial charge in [0.2, 0.25) is 15.9 Å². The van der Waals surface area contributed by atoms with Gasteiger partial charge in [-0.1, -0.05) is 6.07 Å². The zero-order valence-electron chi connectivity index (χ0n) is 9.55. The fraction of sp³-hybridized carbons (Fsp3) is 0.300. The standard InChI is InChI=1S/C10H13FN2O4S/c1-6-2-3-7(4-8(6)11)18(16,17)13-5-9(14)10(12)15/h2-4,9,13-14H,5H2,1H3,(H2,12,15). The quantitative estimate of drug-likeness (QED) is 0.658. The minimum absolute atomic E-state index is 0.290. The van der Waals surface area contributed by atoms with E-state index in [0.29, 0.717) is 5.56 Å². The number of primary amides is 1. The molecule has 0 aliphatic rings. The van der Waals surface area contributed by atoms with Crippen LogP contribution in [0.1, 0.15) is 5.56 Å². The van der Waals surface area contributed by atoms with Crippen molar-refractivity contribution < 1.29 is 22.7 Å². The summed E-state index contributed by atoms with van der Waals surface area (Å²) in [6.07, 6.45) is -1.63. The van der Waals surface area contributed by atoms with Crippen LogP contribution < -0.4 is 10.5 Å². The summed E-state index contributed by atoms with van der Waals surface area (Å²) in [6.45, 7) is 0.934. The fourth-order valence-corrected chi connectivity index (χ4v) is 2.16. The van der Waals surface area contributed by atoms with Crippen molar-refractivity contribution in [3.8, 4) is 0 Å². The molecule has 0 saturated carbocycles. The number of sulfonamides is 1. The van der Waals surface area contributed by atoms with Crippen molar-refractivity contribution in [2.45, 2.75) is 17.9 Å². The summed E-state index contributed by atoms with van der Waals surface area (Å²) >= 11 is 0. The first-order valence-electron chi connectivity index (χ1n) is 4.97. The minimum atomic E-state index is -3.99. The number of hydrogen-bond acceptors (Lipinski definition) is 4. The van der Waals surface area contributed by atoms with Crippen LogP contribution >= 0.6 is 0 Å². The van der Waals surface area contributed by atoms with Gasteiger partial charge in [0.05, 0.1) is 4.90 Å². The van der Waals surface area contributed by atoms with Gasteiger partial charge in [-0.3, -0.25) is 4.79 Å². The van der Waals surface area contributed by atoms with Crippen LogP contribution in [0.15, 0.2) is 23.1 Å². The van der Waals surface area contributed by atoms with E-state index in [1.807, 2.05) is 4.72 Å². The summed E-state index contributed by atoms with van der Waals surface area (Å²) in [5, 5.41) is 9.06. The van der Waals surface area contributed by atoms with Gasteiger partial charge in [0.25, 0.3) is 0 Å². The molecule has 1 aromatic rings.